The third-order valence-corrected chi connectivity index (χ3v) is 4.05. The van der Waals surface area contributed by atoms with E-state index < -0.39 is 0 Å². The van der Waals surface area contributed by atoms with Crippen molar-refractivity contribution in [1.82, 2.24) is 4.90 Å². The number of rotatable bonds is 6. The lowest BCUT2D eigenvalue weighted by atomic mass is 10.2. The zero-order valence-corrected chi connectivity index (χ0v) is 12.8. The van der Waals surface area contributed by atoms with Crippen LogP contribution in [0.25, 0.3) is 0 Å². The van der Waals surface area contributed by atoms with Gasteiger partial charge in [0.25, 0.3) is 0 Å². The Bertz CT molecular complexity index is 422. The first kappa shape index (κ1) is 16.0. The Balaban J connectivity index is 1.66. The van der Waals surface area contributed by atoms with Gasteiger partial charge in [0.1, 0.15) is 0 Å². The van der Waals surface area contributed by atoms with Gasteiger partial charge < -0.3 is 16.0 Å². The SMILES string of the molecule is NCc1ccc(NC(=O)CCCN2CCCCCC2)cc1. The number of hydrogen-bond acceptors (Lipinski definition) is 3. The molecule has 0 aromatic heterocycles. The highest BCUT2D eigenvalue weighted by atomic mass is 16.1. The highest BCUT2D eigenvalue weighted by Crippen LogP contribution is 2.12. The molecule has 0 bridgehead atoms. The average molecular weight is 289 g/mol. The molecular formula is C17H27N3O. The van der Waals surface area contributed by atoms with E-state index >= 15 is 0 Å². The maximum Gasteiger partial charge on any atom is 0.224 e. The molecular weight excluding hydrogens is 262 g/mol. The number of carbonyl (C=O) groups is 1. The summed E-state index contributed by atoms with van der Waals surface area (Å²) in [5.41, 5.74) is 7.49. The molecule has 0 spiro atoms. The van der Waals surface area contributed by atoms with E-state index in [1.54, 1.807) is 0 Å². The molecule has 1 fully saturated rings. The van der Waals surface area contributed by atoms with Crippen LogP contribution in [0.5, 0.6) is 0 Å². The fraction of sp³-hybridized carbons (Fsp3) is 0.588. The van der Waals surface area contributed by atoms with Crippen LogP contribution in [0.1, 0.15) is 44.1 Å². The summed E-state index contributed by atoms with van der Waals surface area (Å²) >= 11 is 0. The Morgan fingerprint density at radius 2 is 1.76 bits per heavy atom. The Labute approximate surface area is 127 Å². The second-order valence-corrected chi connectivity index (χ2v) is 5.81. The van der Waals surface area contributed by atoms with Gasteiger partial charge in [0.15, 0.2) is 0 Å². The number of nitrogens with zero attached hydrogens (tertiary/aromatic N) is 1. The number of amides is 1. The zero-order valence-electron chi connectivity index (χ0n) is 12.8. The predicted octanol–water partition coefficient (Wildman–Crippen LogP) is 2.74. The molecule has 0 unspecified atom stereocenters. The van der Waals surface area contributed by atoms with Crippen molar-refractivity contribution in [2.45, 2.75) is 45.1 Å². The van der Waals surface area contributed by atoms with E-state index in [9.17, 15) is 4.79 Å². The molecule has 0 atom stereocenters. The second kappa shape index (κ2) is 8.80. The predicted molar refractivity (Wildman–Crippen MR) is 87.1 cm³/mol. The zero-order chi connectivity index (χ0) is 14.9. The Kier molecular flexibility index (Phi) is 6.70. The van der Waals surface area contributed by atoms with Gasteiger partial charge in [-0.2, -0.15) is 0 Å². The first-order valence-corrected chi connectivity index (χ1v) is 8.09. The lowest BCUT2D eigenvalue weighted by Gasteiger charge is -2.19. The van der Waals surface area contributed by atoms with Gasteiger partial charge in [-0.1, -0.05) is 25.0 Å². The van der Waals surface area contributed by atoms with Crippen LogP contribution in [0.2, 0.25) is 0 Å². The summed E-state index contributed by atoms with van der Waals surface area (Å²) in [4.78, 5) is 14.4. The molecule has 116 valence electrons. The van der Waals surface area contributed by atoms with Crippen LogP contribution < -0.4 is 11.1 Å². The van der Waals surface area contributed by atoms with Gasteiger partial charge in [-0.15, -0.1) is 0 Å². The number of likely N-dealkylation sites (tertiary alicyclic amines) is 1. The van der Waals surface area contributed by atoms with E-state index in [4.69, 9.17) is 5.73 Å². The number of hydrogen-bond donors (Lipinski definition) is 2. The van der Waals surface area contributed by atoms with E-state index in [1.165, 1.54) is 38.8 Å². The van der Waals surface area contributed by atoms with Gasteiger partial charge in [-0.25, -0.2) is 0 Å². The van der Waals surface area contributed by atoms with Crippen LogP contribution in [0.15, 0.2) is 24.3 Å². The minimum atomic E-state index is 0.102. The van der Waals surface area contributed by atoms with Gasteiger partial charge in [0.2, 0.25) is 5.91 Å². The molecule has 0 saturated carbocycles. The van der Waals surface area contributed by atoms with Crippen molar-refractivity contribution in [2.75, 3.05) is 25.0 Å². The molecule has 1 saturated heterocycles. The first-order valence-electron chi connectivity index (χ1n) is 8.09. The van der Waals surface area contributed by atoms with Crippen LogP contribution >= 0.6 is 0 Å². The molecule has 1 aromatic rings. The summed E-state index contributed by atoms with van der Waals surface area (Å²) < 4.78 is 0. The number of carbonyl (C=O) groups excluding carboxylic acids is 1. The minimum Gasteiger partial charge on any atom is -0.326 e. The van der Waals surface area contributed by atoms with E-state index in [1.807, 2.05) is 24.3 Å². The van der Waals surface area contributed by atoms with Crippen LogP contribution in [-0.4, -0.2) is 30.4 Å². The van der Waals surface area contributed by atoms with Crippen molar-refractivity contribution >= 4 is 11.6 Å². The maximum atomic E-state index is 11.9. The summed E-state index contributed by atoms with van der Waals surface area (Å²) in [6.45, 7) is 3.97. The van der Waals surface area contributed by atoms with E-state index in [-0.39, 0.29) is 5.91 Å². The monoisotopic (exact) mass is 289 g/mol. The highest BCUT2D eigenvalue weighted by Gasteiger charge is 2.09. The second-order valence-electron chi connectivity index (χ2n) is 5.81. The number of nitrogens with two attached hydrogens (primary N) is 1. The quantitative estimate of drug-likeness (QED) is 0.846. The van der Waals surface area contributed by atoms with Crippen molar-refractivity contribution in [1.29, 1.82) is 0 Å². The van der Waals surface area contributed by atoms with Crippen molar-refractivity contribution in [3.63, 3.8) is 0 Å². The van der Waals surface area contributed by atoms with Crippen LogP contribution in [0, 0.1) is 0 Å². The third kappa shape index (κ3) is 5.86. The number of nitrogens with one attached hydrogen (secondary N) is 1. The Morgan fingerprint density at radius 1 is 1.10 bits per heavy atom. The van der Waals surface area contributed by atoms with Gasteiger partial charge >= 0.3 is 0 Å². The Hall–Kier alpha value is -1.39. The Morgan fingerprint density at radius 3 is 2.38 bits per heavy atom. The van der Waals surface area contributed by atoms with Crippen molar-refractivity contribution in [3.8, 4) is 0 Å². The summed E-state index contributed by atoms with van der Waals surface area (Å²) in [5, 5.41) is 2.95. The van der Waals surface area contributed by atoms with Crippen LogP contribution in [-0.2, 0) is 11.3 Å². The van der Waals surface area contributed by atoms with E-state index in [2.05, 4.69) is 10.2 Å². The van der Waals surface area contributed by atoms with Gasteiger partial charge in [-0.3, -0.25) is 4.79 Å². The normalized spacial score (nSPS) is 16.4. The molecule has 0 aliphatic carbocycles. The van der Waals surface area contributed by atoms with Gasteiger partial charge in [0.05, 0.1) is 0 Å². The first-order chi connectivity index (χ1) is 10.3. The minimum absolute atomic E-state index is 0.102. The summed E-state index contributed by atoms with van der Waals surface area (Å²) in [6, 6.07) is 7.73. The smallest absolute Gasteiger partial charge is 0.224 e. The molecule has 1 aromatic carbocycles. The molecule has 1 heterocycles. The fourth-order valence-corrected chi connectivity index (χ4v) is 2.77. The van der Waals surface area contributed by atoms with Crippen LogP contribution in [0.4, 0.5) is 5.69 Å². The standard InChI is InChI=1S/C17H27N3O/c18-14-15-7-9-16(10-8-15)19-17(21)6-5-13-20-11-3-1-2-4-12-20/h7-10H,1-6,11-14,18H2,(H,19,21). The highest BCUT2D eigenvalue weighted by molar-refractivity contribution is 5.90. The fourth-order valence-electron chi connectivity index (χ4n) is 2.77. The molecule has 1 aliphatic heterocycles. The molecule has 1 amide bonds. The van der Waals surface area contributed by atoms with Crippen molar-refractivity contribution < 1.29 is 4.79 Å². The van der Waals surface area contributed by atoms with E-state index in [0.29, 0.717) is 13.0 Å². The molecule has 21 heavy (non-hydrogen) atoms. The largest absolute Gasteiger partial charge is 0.326 e. The average Bonchev–Trinajstić information content (AvgIpc) is 2.77. The van der Waals surface area contributed by atoms with E-state index in [0.717, 1.165) is 24.2 Å². The summed E-state index contributed by atoms with van der Waals surface area (Å²) in [6.07, 6.45) is 6.85. The molecule has 1 aliphatic rings. The van der Waals surface area contributed by atoms with Gasteiger partial charge in [0, 0.05) is 18.7 Å². The maximum absolute atomic E-state index is 11.9. The van der Waals surface area contributed by atoms with Gasteiger partial charge in [-0.05, 0) is 56.6 Å². The molecule has 0 radical (unpaired) electrons. The number of anilines is 1. The molecule has 4 heteroatoms. The number of benzene rings is 1. The molecule has 3 N–H and O–H groups in total. The van der Waals surface area contributed by atoms with Crippen molar-refractivity contribution in [2.24, 2.45) is 5.73 Å². The molecule has 4 nitrogen and oxygen atoms in total. The molecule has 2 rings (SSSR count). The van der Waals surface area contributed by atoms with Crippen LogP contribution in [0.3, 0.4) is 0 Å². The lowest BCUT2D eigenvalue weighted by molar-refractivity contribution is -0.116. The van der Waals surface area contributed by atoms with Crippen molar-refractivity contribution in [3.05, 3.63) is 29.8 Å². The lowest BCUT2D eigenvalue weighted by Crippen LogP contribution is -2.26. The topological polar surface area (TPSA) is 58.4 Å². The summed E-state index contributed by atoms with van der Waals surface area (Å²) in [5.74, 6) is 0.102. The summed E-state index contributed by atoms with van der Waals surface area (Å²) in [7, 11) is 0. The third-order valence-electron chi connectivity index (χ3n) is 4.05.